The SMILES string of the molecule is Cc1ccc(C(=O)NCCNC(=O)[C@H]2NCCO[C@@H]2C)cc1. The highest BCUT2D eigenvalue weighted by atomic mass is 16.5. The number of ether oxygens (including phenoxy) is 1. The normalized spacial score (nSPS) is 21.2. The molecule has 2 amide bonds. The van der Waals surface area contributed by atoms with Crippen molar-refractivity contribution >= 4 is 11.8 Å². The molecule has 22 heavy (non-hydrogen) atoms. The summed E-state index contributed by atoms with van der Waals surface area (Å²) in [5.74, 6) is -0.237. The summed E-state index contributed by atoms with van der Waals surface area (Å²) in [6.45, 7) is 5.92. The minimum absolute atomic E-state index is 0.100. The molecule has 1 heterocycles. The predicted octanol–water partition coefficient (Wildman–Crippen LogP) is 0.218. The lowest BCUT2D eigenvalue weighted by molar-refractivity contribution is -0.128. The lowest BCUT2D eigenvalue weighted by Crippen LogP contribution is -2.56. The maximum Gasteiger partial charge on any atom is 0.251 e. The Morgan fingerprint density at radius 2 is 1.91 bits per heavy atom. The minimum atomic E-state index is -0.332. The van der Waals surface area contributed by atoms with Gasteiger partial charge in [-0.05, 0) is 26.0 Å². The van der Waals surface area contributed by atoms with Crippen LogP contribution in [0.2, 0.25) is 0 Å². The topological polar surface area (TPSA) is 79.5 Å². The van der Waals surface area contributed by atoms with Crippen LogP contribution >= 0.6 is 0 Å². The van der Waals surface area contributed by atoms with Gasteiger partial charge >= 0.3 is 0 Å². The molecule has 3 N–H and O–H groups in total. The average Bonchev–Trinajstić information content (AvgIpc) is 2.52. The highest BCUT2D eigenvalue weighted by Crippen LogP contribution is 2.04. The van der Waals surface area contributed by atoms with Gasteiger partial charge in [0.25, 0.3) is 5.91 Å². The number of rotatable bonds is 5. The molecular weight excluding hydrogens is 282 g/mol. The van der Waals surface area contributed by atoms with Gasteiger partial charge in [0, 0.05) is 25.2 Å². The van der Waals surface area contributed by atoms with E-state index < -0.39 is 0 Å². The van der Waals surface area contributed by atoms with E-state index in [0.29, 0.717) is 31.8 Å². The number of carbonyl (C=O) groups excluding carboxylic acids is 2. The summed E-state index contributed by atoms with van der Waals surface area (Å²) in [7, 11) is 0. The lowest BCUT2D eigenvalue weighted by atomic mass is 10.1. The van der Waals surface area contributed by atoms with E-state index in [1.165, 1.54) is 0 Å². The van der Waals surface area contributed by atoms with Crippen LogP contribution in [0.5, 0.6) is 0 Å². The second-order valence-electron chi connectivity index (χ2n) is 5.42. The molecule has 1 fully saturated rings. The highest BCUT2D eigenvalue weighted by molar-refractivity contribution is 5.94. The predicted molar refractivity (Wildman–Crippen MR) is 83.7 cm³/mol. The fourth-order valence-electron chi connectivity index (χ4n) is 2.31. The third-order valence-electron chi connectivity index (χ3n) is 3.62. The van der Waals surface area contributed by atoms with E-state index in [0.717, 1.165) is 5.56 Å². The Morgan fingerprint density at radius 1 is 1.23 bits per heavy atom. The van der Waals surface area contributed by atoms with E-state index in [2.05, 4.69) is 16.0 Å². The molecule has 1 aliphatic rings. The summed E-state index contributed by atoms with van der Waals surface area (Å²) in [5, 5.41) is 8.71. The smallest absolute Gasteiger partial charge is 0.251 e. The van der Waals surface area contributed by atoms with Crippen molar-refractivity contribution in [1.82, 2.24) is 16.0 Å². The van der Waals surface area contributed by atoms with Crippen LogP contribution < -0.4 is 16.0 Å². The fraction of sp³-hybridized carbons (Fsp3) is 0.500. The number of hydrogen-bond acceptors (Lipinski definition) is 4. The number of aryl methyl sites for hydroxylation is 1. The largest absolute Gasteiger partial charge is 0.375 e. The number of benzene rings is 1. The van der Waals surface area contributed by atoms with E-state index in [-0.39, 0.29) is 24.0 Å². The van der Waals surface area contributed by atoms with Crippen molar-refractivity contribution in [2.24, 2.45) is 0 Å². The van der Waals surface area contributed by atoms with E-state index in [4.69, 9.17) is 4.74 Å². The van der Waals surface area contributed by atoms with Crippen LogP contribution in [0.25, 0.3) is 0 Å². The fourth-order valence-corrected chi connectivity index (χ4v) is 2.31. The zero-order chi connectivity index (χ0) is 15.9. The van der Waals surface area contributed by atoms with Crippen molar-refractivity contribution in [3.05, 3.63) is 35.4 Å². The molecular formula is C16H23N3O3. The first-order valence-corrected chi connectivity index (χ1v) is 7.55. The van der Waals surface area contributed by atoms with E-state index in [1.807, 2.05) is 26.0 Å². The lowest BCUT2D eigenvalue weighted by Gasteiger charge is -2.29. The van der Waals surface area contributed by atoms with Crippen molar-refractivity contribution in [3.63, 3.8) is 0 Å². The van der Waals surface area contributed by atoms with Crippen LogP contribution in [0.3, 0.4) is 0 Å². The minimum Gasteiger partial charge on any atom is -0.375 e. The van der Waals surface area contributed by atoms with Gasteiger partial charge in [-0.2, -0.15) is 0 Å². The third kappa shape index (κ3) is 4.54. The van der Waals surface area contributed by atoms with Crippen LogP contribution in [0.1, 0.15) is 22.8 Å². The molecule has 120 valence electrons. The quantitative estimate of drug-likeness (QED) is 0.680. The molecule has 0 radical (unpaired) electrons. The molecule has 0 spiro atoms. The van der Waals surface area contributed by atoms with Gasteiger partial charge in [0.1, 0.15) is 6.04 Å². The zero-order valence-electron chi connectivity index (χ0n) is 13.0. The molecule has 1 aromatic carbocycles. The number of nitrogens with one attached hydrogen (secondary N) is 3. The van der Waals surface area contributed by atoms with Gasteiger partial charge in [-0.25, -0.2) is 0 Å². The average molecular weight is 305 g/mol. The van der Waals surface area contributed by atoms with Gasteiger partial charge in [-0.3, -0.25) is 9.59 Å². The Kier molecular flexibility index (Phi) is 5.91. The summed E-state index contributed by atoms with van der Waals surface area (Å²) in [5.41, 5.74) is 1.73. The Bertz CT molecular complexity index is 516. The highest BCUT2D eigenvalue weighted by Gasteiger charge is 2.27. The summed E-state index contributed by atoms with van der Waals surface area (Å²) >= 11 is 0. The van der Waals surface area contributed by atoms with Crippen molar-refractivity contribution in [1.29, 1.82) is 0 Å². The molecule has 6 nitrogen and oxygen atoms in total. The third-order valence-corrected chi connectivity index (χ3v) is 3.62. The standard InChI is InChI=1S/C16H23N3O3/c1-11-3-5-13(6-4-11)15(20)18-7-8-19-16(21)14-12(2)22-10-9-17-14/h3-6,12,14,17H,7-10H2,1-2H3,(H,18,20)(H,19,21)/t12-,14+/m1/s1. The van der Waals surface area contributed by atoms with Gasteiger partial charge in [-0.15, -0.1) is 0 Å². The Morgan fingerprint density at radius 3 is 2.59 bits per heavy atom. The first kappa shape index (κ1) is 16.5. The molecule has 2 rings (SSSR count). The van der Waals surface area contributed by atoms with E-state index in [1.54, 1.807) is 12.1 Å². The van der Waals surface area contributed by atoms with Crippen molar-refractivity contribution in [2.75, 3.05) is 26.2 Å². The van der Waals surface area contributed by atoms with Crippen molar-refractivity contribution in [2.45, 2.75) is 26.0 Å². The molecule has 1 saturated heterocycles. The molecule has 2 atom stereocenters. The first-order chi connectivity index (χ1) is 10.6. The maximum absolute atomic E-state index is 12.0. The molecule has 0 aliphatic carbocycles. The van der Waals surface area contributed by atoms with Crippen LogP contribution in [0, 0.1) is 6.92 Å². The maximum atomic E-state index is 12.0. The van der Waals surface area contributed by atoms with E-state index >= 15 is 0 Å². The first-order valence-electron chi connectivity index (χ1n) is 7.55. The Balaban J connectivity index is 1.69. The summed E-state index contributed by atoms with van der Waals surface area (Å²) in [4.78, 5) is 23.9. The van der Waals surface area contributed by atoms with Crippen molar-refractivity contribution in [3.8, 4) is 0 Å². The summed E-state index contributed by atoms with van der Waals surface area (Å²) in [6.07, 6.45) is -0.143. The Labute approximate surface area is 130 Å². The molecule has 0 aromatic heterocycles. The molecule has 1 aliphatic heterocycles. The molecule has 1 aromatic rings. The van der Waals surface area contributed by atoms with Gasteiger partial charge in [-0.1, -0.05) is 17.7 Å². The number of morpholine rings is 1. The van der Waals surface area contributed by atoms with Crippen molar-refractivity contribution < 1.29 is 14.3 Å². The summed E-state index contributed by atoms with van der Waals surface area (Å²) < 4.78 is 5.43. The van der Waals surface area contributed by atoms with E-state index in [9.17, 15) is 9.59 Å². The van der Waals surface area contributed by atoms with Gasteiger partial charge in [0.05, 0.1) is 12.7 Å². The van der Waals surface area contributed by atoms with Crippen LogP contribution in [-0.2, 0) is 9.53 Å². The molecule has 0 saturated carbocycles. The number of hydrogen-bond donors (Lipinski definition) is 3. The molecule has 6 heteroatoms. The van der Waals surface area contributed by atoms with Gasteiger partial charge in [0.15, 0.2) is 0 Å². The number of carbonyl (C=O) groups is 2. The van der Waals surface area contributed by atoms with Crippen LogP contribution in [0.15, 0.2) is 24.3 Å². The monoisotopic (exact) mass is 305 g/mol. The second kappa shape index (κ2) is 7.91. The molecule has 0 bridgehead atoms. The summed E-state index contributed by atoms with van der Waals surface area (Å²) in [6, 6.07) is 7.03. The van der Waals surface area contributed by atoms with Gasteiger partial charge < -0.3 is 20.7 Å². The van der Waals surface area contributed by atoms with Crippen LogP contribution in [0.4, 0.5) is 0 Å². The number of amides is 2. The second-order valence-corrected chi connectivity index (χ2v) is 5.42. The van der Waals surface area contributed by atoms with Gasteiger partial charge in [0.2, 0.25) is 5.91 Å². The Hall–Kier alpha value is -1.92. The zero-order valence-corrected chi connectivity index (χ0v) is 13.0. The van der Waals surface area contributed by atoms with Crippen LogP contribution in [-0.4, -0.2) is 50.2 Å². The molecule has 0 unspecified atom stereocenters.